The lowest BCUT2D eigenvalue weighted by Crippen LogP contribution is -2.44. The highest BCUT2D eigenvalue weighted by Crippen LogP contribution is 2.27. The fourth-order valence-corrected chi connectivity index (χ4v) is 3.34. The minimum Gasteiger partial charge on any atom is -0.359 e. The number of hydrogen-bond donors (Lipinski definition) is 2. The second kappa shape index (κ2) is 6.01. The monoisotopic (exact) mass is 308 g/mol. The molecule has 6 nitrogen and oxygen atoms in total. The molecule has 1 aromatic rings. The molecule has 1 saturated carbocycles. The molecule has 1 aromatic heterocycles. The molecule has 1 atom stereocenters. The average molecular weight is 308 g/mol. The number of piperidine rings is 1. The van der Waals surface area contributed by atoms with Crippen LogP contribution < -0.4 is 10.6 Å². The van der Waals surface area contributed by atoms with Crippen molar-refractivity contribution < 1.29 is 9.59 Å². The van der Waals surface area contributed by atoms with Crippen LogP contribution in [-0.4, -0.2) is 47.9 Å². The van der Waals surface area contributed by atoms with Crippen LogP contribution in [0.2, 0.25) is 0 Å². The fraction of sp³-hybridized carbons (Fsp3) is 0.643. The van der Waals surface area contributed by atoms with Crippen molar-refractivity contribution in [2.24, 2.45) is 5.92 Å². The van der Waals surface area contributed by atoms with E-state index in [0.29, 0.717) is 24.8 Å². The van der Waals surface area contributed by atoms with Crippen molar-refractivity contribution in [3.63, 3.8) is 0 Å². The highest BCUT2D eigenvalue weighted by atomic mass is 32.1. The minimum atomic E-state index is -0.101. The largest absolute Gasteiger partial charge is 0.359 e. The summed E-state index contributed by atoms with van der Waals surface area (Å²) in [5.74, 6) is -0.152. The molecular formula is C14H20N4O2S. The molecule has 0 spiro atoms. The van der Waals surface area contributed by atoms with Gasteiger partial charge >= 0.3 is 0 Å². The quantitative estimate of drug-likeness (QED) is 0.879. The summed E-state index contributed by atoms with van der Waals surface area (Å²) in [5.41, 5.74) is 0.487. The van der Waals surface area contributed by atoms with Gasteiger partial charge in [0.2, 0.25) is 5.91 Å². The topological polar surface area (TPSA) is 74.3 Å². The van der Waals surface area contributed by atoms with Crippen molar-refractivity contribution in [3.8, 4) is 0 Å². The van der Waals surface area contributed by atoms with Crippen molar-refractivity contribution >= 4 is 28.3 Å². The molecule has 0 aromatic carbocycles. The Hall–Kier alpha value is -1.63. The average Bonchev–Trinajstić information content (AvgIpc) is 3.21. The van der Waals surface area contributed by atoms with Gasteiger partial charge < -0.3 is 15.5 Å². The molecule has 0 bridgehead atoms. The molecule has 114 valence electrons. The smallest absolute Gasteiger partial charge is 0.273 e. The number of aromatic nitrogens is 1. The first-order valence-electron chi connectivity index (χ1n) is 7.40. The van der Waals surface area contributed by atoms with E-state index in [2.05, 4.69) is 15.6 Å². The summed E-state index contributed by atoms with van der Waals surface area (Å²) in [6, 6.07) is 0.534. The number of thiazole rings is 1. The first-order valence-corrected chi connectivity index (χ1v) is 8.28. The van der Waals surface area contributed by atoms with E-state index in [1.54, 1.807) is 17.3 Å². The van der Waals surface area contributed by atoms with Gasteiger partial charge in [-0.3, -0.25) is 9.59 Å². The van der Waals surface area contributed by atoms with E-state index < -0.39 is 0 Å². The summed E-state index contributed by atoms with van der Waals surface area (Å²) in [4.78, 5) is 30.3. The van der Waals surface area contributed by atoms with E-state index >= 15 is 0 Å². The van der Waals surface area contributed by atoms with Gasteiger partial charge in [-0.25, -0.2) is 4.98 Å². The van der Waals surface area contributed by atoms with E-state index in [1.807, 2.05) is 0 Å². The fourth-order valence-electron chi connectivity index (χ4n) is 2.58. The van der Waals surface area contributed by atoms with Crippen molar-refractivity contribution in [3.05, 3.63) is 11.1 Å². The van der Waals surface area contributed by atoms with Gasteiger partial charge in [-0.1, -0.05) is 0 Å². The highest BCUT2D eigenvalue weighted by molar-refractivity contribution is 7.13. The summed E-state index contributed by atoms with van der Waals surface area (Å²) in [5, 5.41) is 8.59. The lowest BCUT2D eigenvalue weighted by molar-refractivity contribution is -0.125. The zero-order valence-corrected chi connectivity index (χ0v) is 12.9. The first kappa shape index (κ1) is 14.3. The molecule has 2 fully saturated rings. The zero-order valence-electron chi connectivity index (χ0n) is 12.1. The Kier molecular flexibility index (Phi) is 4.10. The predicted octanol–water partition coefficient (Wildman–Crippen LogP) is 1.32. The second-order valence-corrected chi connectivity index (χ2v) is 6.52. The molecule has 2 aliphatic rings. The summed E-state index contributed by atoms with van der Waals surface area (Å²) in [6.07, 6.45) is 4.07. The van der Waals surface area contributed by atoms with E-state index in [4.69, 9.17) is 0 Å². The molecular weight excluding hydrogens is 288 g/mol. The van der Waals surface area contributed by atoms with Crippen molar-refractivity contribution in [2.75, 3.05) is 25.5 Å². The van der Waals surface area contributed by atoms with Gasteiger partial charge in [-0.15, -0.1) is 11.3 Å². The van der Waals surface area contributed by atoms with Gasteiger partial charge in [0.25, 0.3) is 5.91 Å². The Balaban J connectivity index is 1.63. The predicted molar refractivity (Wildman–Crippen MR) is 81.5 cm³/mol. The van der Waals surface area contributed by atoms with Crippen LogP contribution in [0.5, 0.6) is 0 Å². The molecule has 21 heavy (non-hydrogen) atoms. The summed E-state index contributed by atoms with van der Waals surface area (Å²) in [6.45, 7) is 1.19. The molecule has 2 heterocycles. The Morgan fingerprint density at radius 3 is 2.90 bits per heavy atom. The Morgan fingerprint density at radius 1 is 1.38 bits per heavy atom. The first-order chi connectivity index (χ1) is 10.2. The third-order valence-electron chi connectivity index (χ3n) is 3.95. The van der Waals surface area contributed by atoms with E-state index in [0.717, 1.165) is 18.0 Å². The Labute approximate surface area is 127 Å². The molecule has 1 aliphatic carbocycles. The second-order valence-electron chi connectivity index (χ2n) is 5.66. The molecule has 0 radical (unpaired) electrons. The minimum absolute atomic E-state index is 0.0156. The number of likely N-dealkylation sites (tertiary alicyclic amines) is 1. The molecule has 3 rings (SSSR count). The van der Waals surface area contributed by atoms with Gasteiger partial charge in [0.05, 0.1) is 5.92 Å². The zero-order chi connectivity index (χ0) is 14.8. The number of carbonyl (C=O) groups is 2. The molecule has 1 aliphatic heterocycles. The molecule has 0 unspecified atom stereocenters. The van der Waals surface area contributed by atoms with Gasteiger partial charge in [0, 0.05) is 31.6 Å². The molecule has 1 saturated heterocycles. The number of nitrogens with zero attached hydrogens (tertiary/aromatic N) is 2. The van der Waals surface area contributed by atoms with Crippen LogP contribution in [-0.2, 0) is 4.79 Å². The van der Waals surface area contributed by atoms with Gasteiger partial charge in [-0.2, -0.15) is 0 Å². The van der Waals surface area contributed by atoms with Gasteiger partial charge in [0.1, 0.15) is 5.69 Å². The number of rotatable bonds is 4. The van der Waals surface area contributed by atoms with Crippen LogP contribution in [0.15, 0.2) is 5.38 Å². The van der Waals surface area contributed by atoms with Crippen molar-refractivity contribution in [1.29, 1.82) is 0 Å². The maximum Gasteiger partial charge on any atom is 0.273 e. The van der Waals surface area contributed by atoms with Crippen LogP contribution in [0.4, 0.5) is 5.13 Å². The van der Waals surface area contributed by atoms with Crippen molar-refractivity contribution in [2.45, 2.75) is 31.7 Å². The third-order valence-corrected chi connectivity index (χ3v) is 4.73. The Morgan fingerprint density at radius 2 is 2.19 bits per heavy atom. The lowest BCUT2D eigenvalue weighted by atomic mass is 9.97. The number of amides is 2. The van der Waals surface area contributed by atoms with Crippen LogP contribution >= 0.6 is 11.3 Å². The van der Waals surface area contributed by atoms with Gasteiger partial charge in [0.15, 0.2) is 5.13 Å². The number of hydrogen-bond acceptors (Lipinski definition) is 5. The molecule has 7 heteroatoms. The highest BCUT2D eigenvalue weighted by Gasteiger charge is 2.29. The van der Waals surface area contributed by atoms with Crippen LogP contribution in [0, 0.1) is 5.92 Å². The number of nitrogens with one attached hydrogen (secondary N) is 2. The van der Waals surface area contributed by atoms with E-state index in [9.17, 15) is 9.59 Å². The third kappa shape index (κ3) is 3.34. The van der Waals surface area contributed by atoms with E-state index in [-0.39, 0.29) is 17.7 Å². The van der Waals surface area contributed by atoms with Crippen LogP contribution in [0.25, 0.3) is 0 Å². The maximum atomic E-state index is 12.5. The number of carbonyl (C=O) groups excluding carboxylic acids is 2. The van der Waals surface area contributed by atoms with Gasteiger partial charge in [-0.05, 0) is 25.7 Å². The van der Waals surface area contributed by atoms with Crippen LogP contribution in [0.1, 0.15) is 36.2 Å². The lowest BCUT2D eigenvalue weighted by Gasteiger charge is -2.31. The standard InChI is InChI=1S/C14H20N4O2S/c1-15-12(19)9-3-2-6-18(7-9)13(20)11-8-21-14(17-11)16-10-4-5-10/h8-10H,2-7H2,1H3,(H,15,19)(H,16,17)/t9-/m0/s1. The molecule has 2 N–H and O–H groups in total. The summed E-state index contributed by atoms with van der Waals surface area (Å²) in [7, 11) is 1.64. The molecule has 2 amide bonds. The summed E-state index contributed by atoms with van der Waals surface area (Å²) < 4.78 is 0. The SMILES string of the molecule is CNC(=O)[C@H]1CCCN(C(=O)c2csc(NC3CC3)n2)C1. The van der Waals surface area contributed by atoms with Crippen LogP contribution in [0.3, 0.4) is 0 Å². The maximum absolute atomic E-state index is 12.5. The Bertz CT molecular complexity index is 541. The normalized spacial score (nSPS) is 22.0. The summed E-state index contributed by atoms with van der Waals surface area (Å²) >= 11 is 1.47. The number of anilines is 1. The van der Waals surface area contributed by atoms with E-state index in [1.165, 1.54) is 24.2 Å². The van der Waals surface area contributed by atoms with Crippen molar-refractivity contribution in [1.82, 2.24) is 15.2 Å².